The van der Waals surface area contributed by atoms with Crippen LogP contribution in [0, 0.1) is 0 Å². The van der Waals surface area contributed by atoms with Crippen LogP contribution in [0.4, 0.5) is 0 Å². The number of aliphatic hydroxyl groups excluding tert-OH is 1. The van der Waals surface area contributed by atoms with Crippen molar-refractivity contribution in [2.24, 2.45) is 0 Å². The van der Waals surface area contributed by atoms with Crippen LogP contribution in [0.5, 0.6) is 0 Å². The van der Waals surface area contributed by atoms with Gasteiger partial charge in [0.1, 0.15) is 0 Å². The van der Waals surface area contributed by atoms with Gasteiger partial charge in [0.2, 0.25) is 0 Å². The van der Waals surface area contributed by atoms with E-state index in [2.05, 4.69) is 17.1 Å². The molecule has 178 valence electrons. The first-order chi connectivity index (χ1) is 16.9. The summed E-state index contributed by atoms with van der Waals surface area (Å²) in [7, 11) is 0. The van der Waals surface area contributed by atoms with E-state index in [4.69, 9.17) is 16.3 Å². The molecule has 0 radical (unpaired) electrons. The number of carbonyl (C=O) groups is 1. The van der Waals surface area contributed by atoms with Gasteiger partial charge in [-0.2, -0.15) is 0 Å². The van der Waals surface area contributed by atoms with Crippen molar-refractivity contribution in [3.05, 3.63) is 93.2 Å². The number of aromatic amines is 1. The Hall–Kier alpha value is -3.41. The van der Waals surface area contributed by atoms with Crippen LogP contribution in [0.3, 0.4) is 0 Å². The number of benzene rings is 3. The molecule has 1 heterocycles. The zero-order valence-electron chi connectivity index (χ0n) is 19.4. The maximum Gasteiger partial charge on any atom is 0.310 e. The number of hydrogen-bond acceptors (Lipinski definition) is 4. The molecule has 1 saturated carbocycles. The third kappa shape index (κ3) is 4.62. The van der Waals surface area contributed by atoms with Gasteiger partial charge >= 0.3 is 5.97 Å². The van der Waals surface area contributed by atoms with Crippen molar-refractivity contribution in [1.82, 2.24) is 4.98 Å². The molecule has 1 fully saturated rings. The summed E-state index contributed by atoms with van der Waals surface area (Å²) in [6, 6.07) is 21.2. The lowest BCUT2D eigenvalue weighted by molar-refractivity contribution is -0.142. The van der Waals surface area contributed by atoms with E-state index in [0.29, 0.717) is 22.7 Å². The normalized spacial score (nSPS) is 14.1. The standard InChI is InChI=1S/C29H26ClNO4/c1-2-35-27(33)13-18-4-3-5-20(12-18)24-15-21-14-23(25(30)16-26(21)31-28(24)34)19-6-8-22(9-7-19)29(17-32)10-11-29/h3-9,12,14-16,32H,2,10-11,13,17H2,1H3,(H,31,34). The van der Waals surface area contributed by atoms with E-state index in [9.17, 15) is 14.7 Å². The van der Waals surface area contributed by atoms with Crippen molar-refractivity contribution in [3.63, 3.8) is 0 Å². The second-order valence-corrected chi connectivity index (χ2v) is 9.54. The van der Waals surface area contributed by atoms with E-state index in [1.807, 2.05) is 48.5 Å². The molecule has 2 N–H and O–H groups in total. The number of rotatable bonds is 7. The molecule has 1 aromatic heterocycles. The quantitative estimate of drug-likeness (QED) is 0.330. The number of hydrogen-bond donors (Lipinski definition) is 2. The zero-order valence-corrected chi connectivity index (χ0v) is 20.2. The number of esters is 1. The van der Waals surface area contributed by atoms with Crippen LogP contribution in [0.25, 0.3) is 33.2 Å². The summed E-state index contributed by atoms with van der Waals surface area (Å²) in [6.07, 6.45) is 2.17. The first-order valence-electron chi connectivity index (χ1n) is 11.8. The Kier molecular flexibility index (Phi) is 6.22. The Bertz CT molecular complexity index is 1470. The smallest absolute Gasteiger partial charge is 0.310 e. The van der Waals surface area contributed by atoms with Crippen molar-refractivity contribution in [1.29, 1.82) is 0 Å². The molecule has 0 amide bonds. The van der Waals surface area contributed by atoms with Crippen molar-refractivity contribution in [3.8, 4) is 22.3 Å². The van der Waals surface area contributed by atoms with Gasteiger partial charge in [-0.3, -0.25) is 9.59 Å². The summed E-state index contributed by atoms with van der Waals surface area (Å²) >= 11 is 6.61. The minimum atomic E-state index is -0.297. The fourth-order valence-electron chi connectivity index (χ4n) is 4.58. The summed E-state index contributed by atoms with van der Waals surface area (Å²) in [5, 5.41) is 11.1. The van der Waals surface area contributed by atoms with Gasteiger partial charge in [0, 0.05) is 22.1 Å². The van der Waals surface area contributed by atoms with Crippen LogP contribution in [-0.4, -0.2) is 29.3 Å². The highest BCUT2D eigenvalue weighted by Gasteiger charge is 2.43. The second-order valence-electron chi connectivity index (χ2n) is 9.13. The second kappa shape index (κ2) is 9.33. The highest BCUT2D eigenvalue weighted by Crippen LogP contribution is 2.48. The van der Waals surface area contributed by atoms with Gasteiger partial charge in [0.25, 0.3) is 5.56 Å². The number of halogens is 1. The minimum absolute atomic E-state index is 0.0814. The summed E-state index contributed by atoms with van der Waals surface area (Å²) in [6.45, 7) is 2.27. The van der Waals surface area contributed by atoms with Crippen molar-refractivity contribution in [2.45, 2.75) is 31.6 Å². The number of H-pyrrole nitrogens is 1. The third-order valence-corrected chi connectivity index (χ3v) is 7.10. The zero-order chi connectivity index (χ0) is 24.6. The number of pyridine rings is 1. The Morgan fingerprint density at radius 3 is 2.46 bits per heavy atom. The predicted molar refractivity (Wildman–Crippen MR) is 139 cm³/mol. The molecule has 35 heavy (non-hydrogen) atoms. The topological polar surface area (TPSA) is 79.4 Å². The van der Waals surface area contributed by atoms with Crippen LogP contribution >= 0.6 is 11.6 Å². The largest absolute Gasteiger partial charge is 0.466 e. The summed E-state index contributed by atoms with van der Waals surface area (Å²) in [5.41, 5.74) is 5.37. The Morgan fingerprint density at radius 2 is 1.77 bits per heavy atom. The van der Waals surface area contributed by atoms with Gasteiger partial charge in [0.15, 0.2) is 0 Å². The minimum Gasteiger partial charge on any atom is -0.466 e. The van der Waals surface area contributed by atoms with Crippen LogP contribution in [0.1, 0.15) is 30.9 Å². The lowest BCUT2D eigenvalue weighted by atomic mass is 9.94. The average molecular weight is 488 g/mol. The number of ether oxygens (including phenoxy) is 1. The SMILES string of the molecule is CCOC(=O)Cc1cccc(-c2cc3cc(-c4ccc(C5(CO)CC5)cc4)c(Cl)cc3[nH]c2=O)c1. The molecule has 5 nitrogen and oxygen atoms in total. The van der Waals surface area contributed by atoms with Gasteiger partial charge in [-0.25, -0.2) is 0 Å². The molecule has 0 bridgehead atoms. The molecule has 0 unspecified atom stereocenters. The van der Waals surface area contributed by atoms with Crippen LogP contribution in [0.15, 0.2) is 71.5 Å². The third-order valence-electron chi connectivity index (χ3n) is 6.79. The van der Waals surface area contributed by atoms with Gasteiger partial charge in [-0.1, -0.05) is 60.1 Å². The van der Waals surface area contributed by atoms with Crippen LogP contribution in [0.2, 0.25) is 5.02 Å². The highest BCUT2D eigenvalue weighted by molar-refractivity contribution is 6.34. The Balaban J connectivity index is 1.51. The van der Waals surface area contributed by atoms with Crippen molar-refractivity contribution >= 4 is 28.5 Å². The Labute approximate surface area is 208 Å². The molecule has 0 aliphatic heterocycles. The van der Waals surface area contributed by atoms with Crippen LogP contribution in [-0.2, 0) is 21.4 Å². The summed E-state index contributed by atoms with van der Waals surface area (Å²) in [4.78, 5) is 27.7. The number of carbonyl (C=O) groups excluding carboxylic acids is 1. The first-order valence-corrected chi connectivity index (χ1v) is 12.1. The van der Waals surface area contributed by atoms with E-state index in [1.54, 1.807) is 13.0 Å². The van der Waals surface area contributed by atoms with E-state index < -0.39 is 0 Å². The molecular weight excluding hydrogens is 462 g/mol. The monoisotopic (exact) mass is 487 g/mol. The average Bonchev–Trinajstić information content (AvgIpc) is 3.65. The number of aromatic nitrogens is 1. The fraction of sp³-hybridized carbons (Fsp3) is 0.241. The molecule has 4 aromatic rings. The summed E-state index contributed by atoms with van der Waals surface area (Å²) in [5.74, 6) is -0.297. The van der Waals surface area contributed by atoms with Gasteiger partial charge < -0.3 is 14.8 Å². The molecule has 6 heteroatoms. The molecule has 3 aromatic carbocycles. The molecule has 1 aliphatic carbocycles. The van der Waals surface area contributed by atoms with Gasteiger partial charge in [-0.05, 0) is 65.6 Å². The molecule has 0 atom stereocenters. The lowest BCUT2D eigenvalue weighted by Gasteiger charge is -2.14. The van der Waals surface area contributed by atoms with Gasteiger partial charge in [0.05, 0.1) is 24.7 Å². The maximum atomic E-state index is 12.9. The first kappa shape index (κ1) is 23.3. The van der Waals surface area contributed by atoms with E-state index >= 15 is 0 Å². The predicted octanol–water partition coefficient (Wildman–Crippen LogP) is 5.65. The molecule has 1 aliphatic rings. The molecule has 0 saturated heterocycles. The van der Waals surface area contributed by atoms with E-state index in [-0.39, 0.29) is 30.0 Å². The molecule has 0 spiro atoms. The number of aliphatic hydroxyl groups is 1. The highest BCUT2D eigenvalue weighted by atomic mass is 35.5. The Morgan fingerprint density at radius 1 is 1.03 bits per heavy atom. The lowest BCUT2D eigenvalue weighted by Crippen LogP contribution is -2.11. The van der Waals surface area contributed by atoms with Gasteiger partial charge in [-0.15, -0.1) is 0 Å². The fourth-order valence-corrected chi connectivity index (χ4v) is 4.86. The summed E-state index contributed by atoms with van der Waals surface area (Å²) < 4.78 is 5.04. The number of nitrogens with one attached hydrogen (secondary N) is 1. The van der Waals surface area contributed by atoms with Crippen molar-refractivity contribution in [2.75, 3.05) is 13.2 Å². The molecular formula is C29H26ClNO4. The van der Waals surface area contributed by atoms with Crippen LogP contribution < -0.4 is 5.56 Å². The van der Waals surface area contributed by atoms with Crippen molar-refractivity contribution < 1.29 is 14.6 Å². The number of fused-ring (bicyclic) bond motifs is 1. The maximum absolute atomic E-state index is 12.9. The molecule has 5 rings (SSSR count). The van der Waals surface area contributed by atoms with E-state index in [0.717, 1.165) is 46.0 Å². The van der Waals surface area contributed by atoms with E-state index in [1.165, 1.54) is 0 Å².